The van der Waals surface area contributed by atoms with Crippen LogP contribution in [0.5, 0.6) is 0 Å². The fourth-order valence-corrected chi connectivity index (χ4v) is 3.36. The minimum atomic E-state index is -2.91. The van der Waals surface area contributed by atoms with Crippen LogP contribution in [-0.2, 0) is 16.3 Å². The van der Waals surface area contributed by atoms with Gasteiger partial charge in [-0.3, -0.25) is 0 Å². The van der Waals surface area contributed by atoms with Crippen LogP contribution in [0.4, 0.5) is 0 Å². The molecule has 0 saturated carbocycles. The Bertz CT molecular complexity index is 529. The van der Waals surface area contributed by atoms with E-state index in [9.17, 15) is 8.42 Å². The monoisotopic (exact) mass is 331 g/mol. The van der Waals surface area contributed by atoms with Crippen molar-refractivity contribution < 1.29 is 8.42 Å². The van der Waals surface area contributed by atoms with Crippen molar-refractivity contribution in [3.05, 3.63) is 34.9 Å². The molecule has 21 heavy (non-hydrogen) atoms. The Morgan fingerprint density at radius 3 is 2.57 bits per heavy atom. The van der Waals surface area contributed by atoms with Gasteiger partial charge in [-0.1, -0.05) is 44.5 Å². The normalized spacial score (nSPS) is 13.6. The van der Waals surface area contributed by atoms with E-state index in [0.29, 0.717) is 18.4 Å². The molecule has 5 heteroatoms. The van der Waals surface area contributed by atoms with Crippen LogP contribution < -0.4 is 5.32 Å². The number of halogens is 1. The van der Waals surface area contributed by atoms with Crippen LogP contribution in [0.1, 0.15) is 32.8 Å². The maximum atomic E-state index is 11.7. The second kappa shape index (κ2) is 8.76. The van der Waals surface area contributed by atoms with E-state index in [1.54, 1.807) is 6.92 Å². The van der Waals surface area contributed by atoms with Gasteiger partial charge in [-0.2, -0.15) is 0 Å². The van der Waals surface area contributed by atoms with Crippen LogP contribution in [0.3, 0.4) is 0 Å². The molecule has 0 aromatic heterocycles. The van der Waals surface area contributed by atoms with Crippen molar-refractivity contribution in [1.29, 1.82) is 0 Å². The van der Waals surface area contributed by atoms with Gasteiger partial charge in [0.1, 0.15) is 9.84 Å². The largest absolute Gasteiger partial charge is 0.314 e. The SMILES string of the molecule is CCS(=O)(=O)CCC(CNC(C)C)Cc1cccc(Cl)c1. The fraction of sp³-hybridized carbons (Fsp3) is 0.625. The zero-order valence-electron chi connectivity index (χ0n) is 13.1. The molecule has 0 aliphatic heterocycles. The van der Waals surface area contributed by atoms with Gasteiger partial charge in [0.25, 0.3) is 0 Å². The van der Waals surface area contributed by atoms with E-state index in [1.165, 1.54) is 0 Å². The summed E-state index contributed by atoms with van der Waals surface area (Å²) in [4.78, 5) is 0. The molecule has 0 heterocycles. The van der Waals surface area contributed by atoms with Gasteiger partial charge >= 0.3 is 0 Å². The quantitative estimate of drug-likeness (QED) is 0.755. The summed E-state index contributed by atoms with van der Waals surface area (Å²) in [5, 5.41) is 4.13. The predicted molar refractivity (Wildman–Crippen MR) is 90.7 cm³/mol. The molecule has 1 unspecified atom stereocenters. The van der Waals surface area contributed by atoms with Crippen molar-refractivity contribution in [3.63, 3.8) is 0 Å². The van der Waals surface area contributed by atoms with Crippen LogP contribution in [-0.4, -0.2) is 32.5 Å². The highest BCUT2D eigenvalue weighted by molar-refractivity contribution is 7.91. The Morgan fingerprint density at radius 2 is 2.00 bits per heavy atom. The summed E-state index contributed by atoms with van der Waals surface area (Å²) < 4.78 is 23.4. The van der Waals surface area contributed by atoms with Gasteiger partial charge in [0.15, 0.2) is 0 Å². The second-order valence-corrected chi connectivity index (χ2v) is 8.70. The van der Waals surface area contributed by atoms with E-state index >= 15 is 0 Å². The molecule has 0 saturated heterocycles. The topological polar surface area (TPSA) is 46.2 Å². The molecule has 0 fully saturated rings. The van der Waals surface area contributed by atoms with Crippen molar-refractivity contribution in [3.8, 4) is 0 Å². The molecule has 0 bridgehead atoms. The van der Waals surface area contributed by atoms with Crippen LogP contribution in [0.15, 0.2) is 24.3 Å². The fourth-order valence-electron chi connectivity index (χ4n) is 2.17. The average molecular weight is 332 g/mol. The minimum Gasteiger partial charge on any atom is -0.314 e. The van der Waals surface area contributed by atoms with Gasteiger partial charge in [-0.25, -0.2) is 8.42 Å². The standard InChI is InChI=1S/C16H26ClNO2S/c1-4-21(19,20)9-8-15(12-18-13(2)3)10-14-6-5-7-16(17)11-14/h5-7,11,13,15,18H,4,8-10,12H2,1-3H3. The third kappa shape index (κ3) is 7.84. The summed E-state index contributed by atoms with van der Waals surface area (Å²) in [5.74, 6) is 0.774. The Morgan fingerprint density at radius 1 is 1.29 bits per heavy atom. The summed E-state index contributed by atoms with van der Waals surface area (Å²) in [7, 11) is -2.91. The first-order chi connectivity index (χ1) is 9.82. The molecule has 1 aromatic rings. The highest BCUT2D eigenvalue weighted by Crippen LogP contribution is 2.17. The van der Waals surface area contributed by atoms with Crippen LogP contribution in [0.25, 0.3) is 0 Å². The van der Waals surface area contributed by atoms with Gasteiger partial charge < -0.3 is 5.32 Å². The Balaban J connectivity index is 2.67. The second-order valence-electron chi connectivity index (χ2n) is 5.79. The lowest BCUT2D eigenvalue weighted by molar-refractivity contribution is 0.435. The van der Waals surface area contributed by atoms with E-state index < -0.39 is 9.84 Å². The summed E-state index contributed by atoms with van der Waals surface area (Å²) in [6, 6.07) is 8.19. The third-order valence-corrected chi connectivity index (χ3v) is 5.48. The highest BCUT2D eigenvalue weighted by atomic mass is 35.5. The summed E-state index contributed by atoms with van der Waals surface area (Å²) in [5.41, 5.74) is 1.16. The van der Waals surface area contributed by atoms with Crippen molar-refractivity contribution in [2.45, 2.75) is 39.7 Å². The molecule has 3 nitrogen and oxygen atoms in total. The number of benzene rings is 1. The van der Waals surface area contributed by atoms with Gasteiger partial charge in [0.05, 0.1) is 5.75 Å². The van der Waals surface area contributed by atoms with E-state index in [1.807, 2.05) is 24.3 Å². The lowest BCUT2D eigenvalue weighted by atomic mass is 9.96. The Hall–Kier alpha value is -0.580. The summed E-state index contributed by atoms with van der Waals surface area (Å²) in [6.45, 7) is 6.72. The number of hydrogen-bond acceptors (Lipinski definition) is 3. The van der Waals surface area contributed by atoms with Gasteiger partial charge in [0, 0.05) is 16.8 Å². The molecule has 1 rings (SSSR count). The number of rotatable bonds is 9. The van der Waals surface area contributed by atoms with Crippen molar-refractivity contribution >= 4 is 21.4 Å². The molecule has 1 aromatic carbocycles. The number of nitrogens with one attached hydrogen (secondary N) is 1. The van der Waals surface area contributed by atoms with Crippen LogP contribution in [0, 0.1) is 5.92 Å². The summed E-state index contributed by atoms with van der Waals surface area (Å²) in [6.07, 6.45) is 1.53. The first-order valence-corrected chi connectivity index (χ1v) is 9.70. The van der Waals surface area contributed by atoms with Gasteiger partial charge in [-0.15, -0.1) is 0 Å². The third-order valence-electron chi connectivity index (χ3n) is 3.51. The van der Waals surface area contributed by atoms with E-state index in [-0.39, 0.29) is 11.5 Å². The molecule has 0 radical (unpaired) electrons. The Kier molecular flexibility index (Phi) is 7.71. The van der Waals surface area contributed by atoms with Gasteiger partial charge in [0.2, 0.25) is 0 Å². The number of sulfone groups is 1. The average Bonchev–Trinajstić information content (AvgIpc) is 2.42. The molecular formula is C16H26ClNO2S. The molecule has 120 valence electrons. The minimum absolute atomic E-state index is 0.217. The van der Waals surface area contributed by atoms with Crippen molar-refractivity contribution in [1.82, 2.24) is 5.32 Å². The van der Waals surface area contributed by atoms with E-state index in [0.717, 1.165) is 23.6 Å². The Labute approximate surface area is 134 Å². The maximum Gasteiger partial charge on any atom is 0.150 e. The van der Waals surface area contributed by atoms with E-state index in [2.05, 4.69) is 19.2 Å². The number of hydrogen-bond donors (Lipinski definition) is 1. The zero-order valence-corrected chi connectivity index (χ0v) is 14.7. The van der Waals surface area contributed by atoms with Crippen LogP contribution >= 0.6 is 11.6 Å². The smallest absolute Gasteiger partial charge is 0.150 e. The predicted octanol–water partition coefficient (Wildman–Crippen LogP) is 3.32. The molecule has 0 aliphatic rings. The molecule has 0 spiro atoms. The molecule has 0 aliphatic carbocycles. The molecule has 1 N–H and O–H groups in total. The van der Waals surface area contributed by atoms with Crippen molar-refractivity contribution in [2.24, 2.45) is 5.92 Å². The molecule has 1 atom stereocenters. The molecular weight excluding hydrogens is 306 g/mol. The van der Waals surface area contributed by atoms with E-state index in [4.69, 9.17) is 11.6 Å². The van der Waals surface area contributed by atoms with Crippen LogP contribution in [0.2, 0.25) is 5.02 Å². The maximum absolute atomic E-state index is 11.7. The van der Waals surface area contributed by atoms with Gasteiger partial charge in [-0.05, 0) is 43.0 Å². The summed E-state index contributed by atoms with van der Waals surface area (Å²) >= 11 is 6.02. The highest BCUT2D eigenvalue weighted by Gasteiger charge is 2.15. The first kappa shape index (κ1) is 18.5. The molecule has 0 amide bonds. The lowest BCUT2D eigenvalue weighted by Gasteiger charge is -2.19. The van der Waals surface area contributed by atoms with Crippen molar-refractivity contribution in [2.75, 3.05) is 18.1 Å². The zero-order chi connectivity index (χ0) is 15.9. The first-order valence-electron chi connectivity index (χ1n) is 7.50. The lowest BCUT2D eigenvalue weighted by Crippen LogP contribution is -2.31.